The molecule has 2 aliphatic rings. The number of aliphatic hydroxyl groups is 3. The molecule has 0 bridgehead atoms. The summed E-state index contributed by atoms with van der Waals surface area (Å²) in [5, 5.41) is 34.9. The topological polar surface area (TPSA) is 102 Å². The van der Waals surface area contributed by atoms with E-state index in [0.29, 0.717) is 0 Å². The van der Waals surface area contributed by atoms with E-state index < -0.39 is 24.4 Å². The molecule has 108 valence electrons. The van der Waals surface area contributed by atoms with Gasteiger partial charge in [0.1, 0.15) is 6.10 Å². The van der Waals surface area contributed by atoms with Gasteiger partial charge in [0, 0.05) is 18.2 Å². The fourth-order valence-electron chi connectivity index (χ4n) is 2.64. The van der Waals surface area contributed by atoms with Crippen molar-refractivity contribution in [1.82, 2.24) is 10.6 Å². The number of nitrogens with one attached hydrogen (secondary N) is 2. The molecule has 0 aromatic heterocycles. The zero-order chi connectivity index (χ0) is 14.0. The molecule has 1 fully saturated rings. The smallest absolute Gasteiger partial charge is 0.246 e. The van der Waals surface area contributed by atoms with Crippen molar-refractivity contribution in [2.24, 2.45) is 0 Å². The summed E-state index contributed by atoms with van der Waals surface area (Å²) in [6.07, 6.45) is 1.39. The SMILES string of the molecule is C[C@@H]1N[C@H](CNC(=O)C2=CCCC2)[C@@H](O)[C@H](O)[C@@H]1O. The van der Waals surface area contributed by atoms with Gasteiger partial charge >= 0.3 is 0 Å². The Hall–Kier alpha value is -0.950. The molecule has 0 radical (unpaired) electrons. The van der Waals surface area contributed by atoms with Crippen LogP contribution in [0, 0.1) is 0 Å². The van der Waals surface area contributed by atoms with E-state index in [0.717, 1.165) is 24.8 Å². The minimum absolute atomic E-state index is 0.111. The number of hydrogen-bond donors (Lipinski definition) is 5. The second kappa shape index (κ2) is 6.00. The molecule has 1 amide bonds. The van der Waals surface area contributed by atoms with E-state index in [1.807, 2.05) is 6.08 Å². The molecule has 1 aliphatic heterocycles. The molecule has 1 saturated heterocycles. The zero-order valence-electron chi connectivity index (χ0n) is 11.0. The second-order valence-electron chi connectivity index (χ2n) is 5.37. The van der Waals surface area contributed by atoms with E-state index in [1.165, 1.54) is 0 Å². The van der Waals surface area contributed by atoms with E-state index in [2.05, 4.69) is 10.6 Å². The molecule has 2 rings (SSSR count). The van der Waals surface area contributed by atoms with Crippen molar-refractivity contribution in [3.05, 3.63) is 11.6 Å². The summed E-state index contributed by atoms with van der Waals surface area (Å²) in [7, 11) is 0. The molecular formula is C13H22N2O4. The highest BCUT2D eigenvalue weighted by molar-refractivity contribution is 5.93. The first-order chi connectivity index (χ1) is 9.00. The number of rotatable bonds is 3. The molecule has 5 atom stereocenters. The van der Waals surface area contributed by atoms with E-state index in [1.54, 1.807) is 6.92 Å². The highest BCUT2D eigenvalue weighted by Gasteiger charge is 2.40. The minimum Gasteiger partial charge on any atom is -0.389 e. The fraction of sp³-hybridized carbons (Fsp3) is 0.769. The van der Waals surface area contributed by atoms with Gasteiger partial charge in [-0.25, -0.2) is 0 Å². The van der Waals surface area contributed by atoms with Crippen molar-refractivity contribution in [2.75, 3.05) is 6.54 Å². The molecule has 0 spiro atoms. The Morgan fingerprint density at radius 2 is 2.11 bits per heavy atom. The van der Waals surface area contributed by atoms with E-state index in [9.17, 15) is 20.1 Å². The van der Waals surface area contributed by atoms with Crippen molar-refractivity contribution in [2.45, 2.75) is 56.6 Å². The molecule has 19 heavy (non-hydrogen) atoms. The lowest BCUT2D eigenvalue weighted by Crippen LogP contribution is -2.66. The molecule has 6 heteroatoms. The summed E-state index contributed by atoms with van der Waals surface area (Å²) in [5.74, 6) is -0.111. The van der Waals surface area contributed by atoms with Gasteiger partial charge in [0.25, 0.3) is 0 Å². The van der Waals surface area contributed by atoms with Crippen LogP contribution >= 0.6 is 0 Å². The number of piperidine rings is 1. The standard InChI is InChI=1S/C13H22N2O4/c1-7-10(16)12(18)11(17)9(15-7)6-14-13(19)8-4-2-3-5-8/h4,7,9-12,15-18H,2-3,5-6H2,1H3,(H,14,19)/t7-,9+,10+,11+,12+/m0/s1. The third kappa shape index (κ3) is 3.14. The maximum atomic E-state index is 11.8. The lowest BCUT2D eigenvalue weighted by molar-refractivity contribution is -0.121. The van der Waals surface area contributed by atoms with E-state index in [-0.39, 0.29) is 18.5 Å². The van der Waals surface area contributed by atoms with Crippen molar-refractivity contribution < 1.29 is 20.1 Å². The van der Waals surface area contributed by atoms with Crippen LogP contribution in [-0.4, -0.2) is 58.2 Å². The summed E-state index contributed by atoms with van der Waals surface area (Å²) >= 11 is 0. The van der Waals surface area contributed by atoms with Gasteiger partial charge in [-0.1, -0.05) is 6.08 Å². The highest BCUT2D eigenvalue weighted by Crippen LogP contribution is 2.18. The van der Waals surface area contributed by atoms with Gasteiger partial charge in [-0.05, 0) is 26.2 Å². The van der Waals surface area contributed by atoms with E-state index >= 15 is 0 Å². The Labute approximate surface area is 112 Å². The fourth-order valence-corrected chi connectivity index (χ4v) is 2.64. The molecule has 0 saturated carbocycles. The average Bonchev–Trinajstić information content (AvgIpc) is 2.92. The molecule has 5 N–H and O–H groups in total. The Bertz CT molecular complexity index is 372. The number of allylic oxidation sites excluding steroid dienone is 1. The predicted molar refractivity (Wildman–Crippen MR) is 69.3 cm³/mol. The lowest BCUT2D eigenvalue weighted by atomic mass is 9.91. The summed E-state index contributed by atoms with van der Waals surface area (Å²) in [4.78, 5) is 11.8. The van der Waals surface area contributed by atoms with Gasteiger partial charge in [-0.3, -0.25) is 4.79 Å². The molecular weight excluding hydrogens is 248 g/mol. The van der Waals surface area contributed by atoms with Gasteiger partial charge < -0.3 is 26.0 Å². The molecule has 0 unspecified atom stereocenters. The van der Waals surface area contributed by atoms with Gasteiger partial charge in [0.15, 0.2) is 0 Å². The van der Waals surface area contributed by atoms with Crippen LogP contribution in [0.5, 0.6) is 0 Å². The first-order valence-electron chi connectivity index (χ1n) is 6.78. The third-order valence-corrected chi connectivity index (χ3v) is 3.92. The largest absolute Gasteiger partial charge is 0.389 e. The minimum atomic E-state index is -1.19. The molecule has 1 aliphatic carbocycles. The van der Waals surface area contributed by atoms with Crippen LogP contribution < -0.4 is 10.6 Å². The molecule has 1 heterocycles. The Morgan fingerprint density at radius 3 is 2.74 bits per heavy atom. The molecule has 0 aromatic carbocycles. The normalized spacial score (nSPS) is 38.9. The Morgan fingerprint density at radius 1 is 1.37 bits per heavy atom. The number of amides is 1. The quantitative estimate of drug-likeness (QED) is 0.437. The number of carbonyl (C=O) groups excluding carboxylic acids is 1. The van der Waals surface area contributed by atoms with Crippen molar-refractivity contribution >= 4 is 5.91 Å². The van der Waals surface area contributed by atoms with Crippen LogP contribution in [0.4, 0.5) is 0 Å². The predicted octanol–water partition coefficient (Wildman–Crippen LogP) is -1.34. The third-order valence-electron chi connectivity index (χ3n) is 3.92. The average molecular weight is 270 g/mol. The first kappa shape index (κ1) is 14.5. The maximum Gasteiger partial charge on any atom is 0.246 e. The maximum absolute atomic E-state index is 11.8. The Balaban J connectivity index is 1.86. The first-order valence-corrected chi connectivity index (χ1v) is 6.78. The van der Waals surface area contributed by atoms with Gasteiger partial charge in [-0.2, -0.15) is 0 Å². The second-order valence-corrected chi connectivity index (χ2v) is 5.37. The van der Waals surface area contributed by atoms with Gasteiger partial charge in [0.05, 0.1) is 18.2 Å². The zero-order valence-corrected chi connectivity index (χ0v) is 11.0. The van der Waals surface area contributed by atoms with Crippen molar-refractivity contribution in [3.63, 3.8) is 0 Å². The van der Waals surface area contributed by atoms with Crippen LogP contribution in [0.3, 0.4) is 0 Å². The molecule has 6 nitrogen and oxygen atoms in total. The summed E-state index contributed by atoms with van der Waals surface area (Å²) in [6.45, 7) is 1.96. The monoisotopic (exact) mass is 270 g/mol. The molecule has 0 aromatic rings. The van der Waals surface area contributed by atoms with Gasteiger partial charge in [0.2, 0.25) is 5.91 Å². The van der Waals surface area contributed by atoms with Crippen molar-refractivity contribution in [1.29, 1.82) is 0 Å². The van der Waals surface area contributed by atoms with Crippen molar-refractivity contribution in [3.8, 4) is 0 Å². The Kier molecular flexibility index (Phi) is 4.57. The summed E-state index contributed by atoms with van der Waals surface area (Å²) < 4.78 is 0. The highest BCUT2D eigenvalue weighted by atomic mass is 16.4. The summed E-state index contributed by atoms with van der Waals surface area (Å²) in [6, 6.07) is -0.787. The van der Waals surface area contributed by atoms with Crippen LogP contribution in [-0.2, 0) is 4.79 Å². The van der Waals surface area contributed by atoms with Crippen LogP contribution in [0.1, 0.15) is 26.2 Å². The van der Waals surface area contributed by atoms with Crippen LogP contribution in [0.2, 0.25) is 0 Å². The lowest BCUT2D eigenvalue weighted by Gasteiger charge is -2.40. The summed E-state index contributed by atoms with van der Waals surface area (Å²) in [5.41, 5.74) is 0.791. The van der Waals surface area contributed by atoms with Crippen LogP contribution in [0.15, 0.2) is 11.6 Å². The van der Waals surface area contributed by atoms with Crippen LogP contribution in [0.25, 0.3) is 0 Å². The van der Waals surface area contributed by atoms with Gasteiger partial charge in [-0.15, -0.1) is 0 Å². The van der Waals surface area contributed by atoms with E-state index in [4.69, 9.17) is 0 Å². The number of aliphatic hydroxyl groups excluding tert-OH is 3. The number of carbonyl (C=O) groups is 1. The number of hydrogen-bond acceptors (Lipinski definition) is 5.